The fourth-order valence-corrected chi connectivity index (χ4v) is 13.1. The van der Waals surface area contributed by atoms with Gasteiger partial charge in [0.2, 0.25) is 0 Å². The number of methoxy groups -OCH3 is 1. The molecule has 0 spiro atoms. The van der Waals surface area contributed by atoms with Crippen LogP contribution in [0, 0.1) is 47.3 Å². The van der Waals surface area contributed by atoms with Crippen molar-refractivity contribution in [2.75, 3.05) is 33.3 Å². The molecule has 4 atom stereocenters. The molecule has 4 unspecified atom stereocenters. The van der Waals surface area contributed by atoms with Crippen molar-refractivity contribution < 1.29 is 28.9 Å². The van der Waals surface area contributed by atoms with Crippen molar-refractivity contribution in [3.8, 4) is 11.5 Å². The normalized spacial score (nSPS) is 28.7. The molecule has 0 radical (unpaired) electrons. The zero-order chi connectivity index (χ0) is 46.3. The van der Waals surface area contributed by atoms with E-state index in [1.165, 1.54) is 117 Å². The Balaban J connectivity index is 0.000000168. The molecule has 2 aliphatic heterocycles. The molecule has 4 saturated carbocycles. The molecule has 67 heavy (non-hydrogen) atoms. The SMILES string of the molecule is CCC1CCC(Oc2ccc3cc(CN4CC(C5CCCC(C(=O)O)C5)C4)ccc3c2)CC1.CCC1CCC(Oc2ccc3cc(CN4CC(C5CCCC(C(=O)OC)C5)C4)ccc3c2)CC1. The minimum atomic E-state index is -0.593. The number of likely N-dealkylation sites (tertiary alicyclic amines) is 2. The van der Waals surface area contributed by atoms with Gasteiger partial charge in [-0.2, -0.15) is 0 Å². The summed E-state index contributed by atoms with van der Waals surface area (Å²) in [6.07, 6.45) is 21.8. The first-order valence-electron chi connectivity index (χ1n) is 26.8. The molecular weight excluding hydrogens is 833 g/mol. The molecule has 2 saturated heterocycles. The maximum Gasteiger partial charge on any atom is 0.308 e. The molecular formula is C59H80N2O6. The van der Waals surface area contributed by atoms with Gasteiger partial charge in [-0.05, 0) is 182 Å². The number of hydrogen-bond acceptors (Lipinski definition) is 7. The van der Waals surface area contributed by atoms with Crippen molar-refractivity contribution in [2.24, 2.45) is 47.3 Å². The number of nitrogens with zero attached hydrogens (tertiary/aromatic N) is 2. The lowest BCUT2D eigenvalue weighted by molar-refractivity contribution is -0.148. The van der Waals surface area contributed by atoms with Crippen molar-refractivity contribution in [2.45, 2.75) is 155 Å². The van der Waals surface area contributed by atoms with E-state index in [2.05, 4.69) is 96.4 Å². The van der Waals surface area contributed by atoms with Crippen molar-refractivity contribution in [1.29, 1.82) is 0 Å². The molecule has 0 bridgehead atoms. The number of hydrogen-bond donors (Lipinski definition) is 1. The van der Waals surface area contributed by atoms with Gasteiger partial charge in [-0.1, -0.05) is 88.8 Å². The second kappa shape index (κ2) is 22.5. The van der Waals surface area contributed by atoms with Gasteiger partial charge in [0.25, 0.3) is 0 Å². The number of carboxylic acids is 1. The predicted octanol–water partition coefficient (Wildman–Crippen LogP) is 13.1. The summed E-state index contributed by atoms with van der Waals surface area (Å²) in [5, 5.41) is 14.5. The van der Waals surface area contributed by atoms with Gasteiger partial charge in [-0.25, -0.2) is 0 Å². The summed E-state index contributed by atoms with van der Waals surface area (Å²) in [7, 11) is 1.52. The Morgan fingerprint density at radius 3 is 1.37 bits per heavy atom. The van der Waals surface area contributed by atoms with Crippen LogP contribution in [-0.2, 0) is 27.4 Å². The first kappa shape index (κ1) is 47.9. The summed E-state index contributed by atoms with van der Waals surface area (Å²) >= 11 is 0. The lowest BCUT2D eigenvalue weighted by atomic mass is 9.72. The largest absolute Gasteiger partial charge is 0.490 e. The van der Waals surface area contributed by atoms with E-state index in [0.717, 1.165) is 107 Å². The molecule has 0 aromatic heterocycles. The summed E-state index contributed by atoms with van der Waals surface area (Å²) in [4.78, 5) is 28.4. The Morgan fingerprint density at radius 2 is 0.940 bits per heavy atom. The molecule has 8 heteroatoms. The van der Waals surface area contributed by atoms with Gasteiger partial charge in [-0.15, -0.1) is 0 Å². The van der Waals surface area contributed by atoms with Crippen LogP contribution < -0.4 is 9.47 Å². The van der Waals surface area contributed by atoms with Gasteiger partial charge in [-0.3, -0.25) is 19.4 Å². The van der Waals surface area contributed by atoms with Gasteiger partial charge >= 0.3 is 11.9 Å². The predicted molar refractivity (Wildman–Crippen MR) is 269 cm³/mol. The Morgan fingerprint density at radius 1 is 0.522 bits per heavy atom. The quantitative estimate of drug-likeness (QED) is 0.125. The van der Waals surface area contributed by atoms with E-state index in [4.69, 9.17) is 14.2 Å². The number of benzene rings is 4. The van der Waals surface area contributed by atoms with E-state index >= 15 is 0 Å². The van der Waals surface area contributed by atoms with E-state index in [1.807, 2.05) is 0 Å². The standard InChI is InChI=1S/C30H41NO3.C29H39NO3/c1-3-21-8-12-28(13-9-21)34-29-14-11-24-15-22(7-10-25(24)17-29)18-31-19-27(20-31)23-5-4-6-26(16-23)30(32)33-2;1-2-20-7-11-27(12-8-20)33-28-13-10-23-14-21(6-9-24(23)16-28)17-30-18-26(19-30)22-4-3-5-25(15-22)29(31)32/h7,10-11,14-15,17,21,23,26-28H,3-6,8-9,12-13,16,18-20H2,1-2H3;6,9-10,13-14,16,20,22,25-27H,2-5,7-8,11-12,15,17-19H2,1H3,(H,31,32). The number of carboxylic acid groups (broad SMARTS) is 1. The monoisotopic (exact) mass is 913 g/mol. The number of esters is 1. The molecule has 4 aliphatic carbocycles. The Kier molecular flexibility index (Phi) is 16.1. The fraction of sp³-hybridized carbons (Fsp3) is 0.627. The highest BCUT2D eigenvalue weighted by atomic mass is 16.5. The van der Waals surface area contributed by atoms with Gasteiger partial charge in [0, 0.05) is 39.3 Å². The maximum atomic E-state index is 12.0. The smallest absolute Gasteiger partial charge is 0.308 e. The van der Waals surface area contributed by atoms with Crippen LogP contribution in [-0.4, -0.2) is 72.3 Å². The zero-order valence-corrected chi connectivity index (χ0v) is 41.1. The third-order valence-electron chi connectivity index (χ3n) is 17.5. The van der Waals surface area contributed by atoms with Crippen molar-refractivity contribution in [3.63, 3.8) is 0 Å². The maximum absolute atomic E-state index is 12.0. The van der Waals surface area contributed by atoms with Crippen molar-refractivity contribution in [1.82, 2.24) is 9.80 Å². The van der Waals surface area contributed by atoms with Crippen molar-refractivity contribution in [3.05, 3.63) is 83.9 Å². The average molecular weight is 913 g/mol. The second-order valence-corrected chi connectivity index (χ2v) is 22.0. The molecule has 10 rings (SSSR count). The summed E-state index contributed by atoms with van der Waals surface area (Å²) in [6, 6.07) is 26.8. The van der Waals surface area contributed by atoms with E-state index in [0.29, 0.717) is 30.0 Å². The van der Waals surface area contributed by atoms with E-state index in [9.17, 15) is 14.7 Å². The lowest BCUT2D eigenvalue weighted by Crippen LogP contribution is -2.50. The Bertz CT molecular complexity index is 2250. The average Bonchev–Trinajstić information content (AvgIpc) is 3.34. The highest BCUT2D eigenvalue weighted by Crippen LogP contribution is 2.41. The minimum Gasteiger partial charge on any atom is -0.490 e. The number of fused-ring (bicyclic) bond motifs is 2. The molecule has 4 aromatic carbocycles. The summed E-state index contributed by atoms with van der Waals surface area (Å²) in [6.45, 7) is 11.1. The molecule has 2 heterocycles. The molecule has 362 valence electrons. The van der Waals surface area contributed by atoms with Crippen LogP contribution in [0.4, 0.5) is 0 Å². The Hall–Kier alpha value is -4.14. The fourth-order valence-electron chi connectivity index (χ4n) is 13.1. The Labute approximate surface area is 401 Å². The lowest BCUT2D eigenvalue weighted by Gasteiger charge is -2.45. The van der Waals surface area contributed by atoms with Gasteiger partial charge in [0.15, 0.2) is 0 Å². The second-order valence-electron chi connectivity index (χ2n) is 22.0. The van der Waals surface area contributed by atoms with Crippen LogP contribution >= 0.6 is 0 Å². The van der Waals surface area contributed by atoms with E-state index < -0.39 is 5.97 Å². The van der Waals surface area contributed by atoms with E-state index in [1.54, 1.807) is 0 Å². The van der Waals surface area contributed by atoms with Crippen LogP contribution in [0.2, 0.25) is 0 Å². The van der Waals surface area contributed by atoms with Crippen molar-refractivity contribution >= 4 is 33.5 Å². The summed E-state index contributed by atoms with van der Waals surface area (Å²) in [5.41, 5.74) is 2.74. The van der Waals surface area contributed by atoms with Gasteiger partial charge in [0.05, 0.1) is 31.2 Å². The van der Waals surface area contributed by atoms with E-state index in [-0.39, 0.29) is 17.8 Å². The topological polar surface area (TPSA) is 88.5 Å². The third-order valence-corrected chi connectivity index (χ3v) is 17.5. The molecule has 4 aromatic rings. The van der Waals surface area contributed by atoms with Crippen LogP contribution in [0.3, 0.4) is 0 Å². The number of carbonyl (C=O) groups excluding carboxylic acids is 1. The summed E-state index contributed by atoms with van der Waals surface area (Å²) in [5.74, 6) is 5.93. The highest BCUT2D eigenvalue weighted by molar-refractivity contribution is 5.85. The minimum absolute atomic E-state index is 0.00512. The molecule has 0 amide bonds. The first-order valence-corrected chi connectivity index (χ1v) is 26.8. The van der Waals surface area contributed by atoms with Gasteiger partial charge in [0.1, 0.15) is 11.5 Å². The van der Waals surface area contributed by atoms with Crippen LogP contribution in [0.5, 0.6) is 11.5 Å². The first-order chi connectivity index (χ1) is 32.7. The van der Waals surface area contributed by atoms with Crippen LogP contribution in [0.15, 0.2) is 72.8 Å². The molecule has 6 fully saturated rings. The molecule has 6 aliphatic rings. The zero-order valence-electron chi connectivity index (χ0n) is 41.1. The number of ether oxygens (including phenoxy) is 3. The number of aliphatic carboxylic acids is 1. The van der Waals surface area contributed by atoms with Gasteiger partial charge < -0.3 is 19.3 Å². The van der Waals surface area contributed by atoms with Crippen LogP contribution in [0.1, 0.15) is 141 Å². The molecule has 1 N–H and O–H groups in total. The number of carbonyl (C=O) groups is 2. The third kappa shape index (κ3) is 12.4. The summed E-state index contributed by atoms with van der Waals surface area (Å²) < 4.78 is 17.7. The van der Waals surface area contributed by atoms with Crippen LogP contribution in [0.25, 0.3) is 21.5 Å². The highest BCUT2D eigenvalue weighted by Gasteiger charge is 2.39. The molecule has 8 nitrogen and oxygen atoms in total. The number of rotatable bonds is 14.